The number of nitrogens with one attached hydrogen (secondary N) is 1. The van der Waals surface area contributed by atoms with Crippen molar-refractivity contribution < 1.29 is 19.1 Å². The molecule has 35 heavy (non-hydrogen) atoms. The lowest BCUT2D eigenvalue weighted by molar-refractivity contribution is -0.135. The summed E-state index contributed by atoms with van der Waals surface area (Å²) in [7, 11) is 0. The van der Waals surface area contributed by atoms with Crippen molar-refractivity contribution >= 4 is 28.8 Å². The minimum atomic E-state index is -0.264. The van der Waals surface area contributed by atoms with Gasteiger partial charge in [0.2, 0.25) is 17.8 Å². The first kappa shape index (κ1) is 24.7. The van der Waals surface area contributed by atoms with Crippen molar-refractivity contribution in [2.45, 2.75) is 39.2 Å². The van der Waals surface area contributed by atoms with Crippen molar-refractivity contribution in [1.82, 2.24) is 14.5 Å². The van der Waals surface area contributed by atoms with E-state index in [0.29, 0.717) is 51.8 Å². The highest BCUT2D eigenvalue weighted by Crippen LogP contribution is 2.23. The van der Waals surface area contributed by atoms with Crippen LogP contribution in [0.5, 0.6) is 5.75 Å². The van der Waals surface area contributed by atoms with E-state index in [1.165, 1.54) is 0 Å². The third kappa shape index (κ3) is 6.60. The molecule has 2 heterocycles. The molecule has 1 aliphatic rings. The molecule has 1 saturated heterocycles. The van der Waals surface area contributed by atoms with Gasteiger partial charge in [0, 0.05) is 32.8 Å². The lowest BCUT2D eigenvalue weighted by Crippen LogP contribution is -2.44. The predicted octanol–water partition coefficient (Wildman–Crippen LogP) is 4.11. The third-order valence-corrected chi connectivity index (χ3v) is 6.24. The summed E-state index contributed by atoms with van der Waals surface area (Å²) in [5.41, 5.74) is 1.83. The average Bonchev–Trinajstić information content (AvgIpc) is 3.24. The zero-order chi connectivity index (χ0) is 24.5. The van der Waals surface area contributed by atoms with E-state index in [0.717, 1.165) is 36.0 Å². The molecule has 1 aromatic heterocycles. The molecule has 8 nitrogen and oxygen atoms in total. The van der Waals surface area contributed by atoms with Gasteiger partial charge in [0.15, 0.2) is 0 Å². The highest BCUT2D eigenvalue weighted by atomic mass is 16.5. The number of hydrogen-bond donors (Lipinski definition) is 1. The molecule has 3 aromatic rings. The van der Waals surface area contributed by atoms with Crippen molar-refractivity contribution in [3.05, 3.63) is 54.6 Å². The molecular formula is C27H34N4O4. The van der Waals surface area contributed by atoms with Gasteiger partial charge in [-0.1, -0.05) is 30.3 Å². The van der Waals surface area contributed by atoms with E-state index < -0.39 is 0 Å². The van der Waals surface area contributed by atoms with Crippen LogP contribution in [0, 0.1) is 5.92 Å². The molecular weight excluding hydrogens is 444 g/mol. The van der Waals surface area contributed by atoms with Crippen LogP contribution in [0.3, 0.4) is 0 Å². The quantitative estimate of drug-likeness (QED) is 0.419. The van der Waals surface area contributed by atoms with Gasteiger partial charge < -0.3 is 18.9 Å². The molecule has 0 aliphatic carbocycles. The molecule has 186 valence electrons. The second kappa shape index (κ2) is 12.4. The number of para-hydroxylation sites is 3. The Morgan fingerprint density at radius 2 is 1.89 bits per heavy atom. The van der Waals surface area contributed by atoms with Crippen molar-refractivity contribution in [3.63, 3.8) is 0 Å². The molecule has 8 heteroatoms. The van der Waals surface area contributed by atoms with Crippen LogP contribution in [0.4, 0.5) is 5.95 Å². The number of anilines is 1. The standard InChI is InChI=1S/C27H34N4O4/c1-2-34-18-9-17-31-24-14-7-6-13-23(24)28-27(31)29-26(33)21-10-8-16-30(20-21)25(32)15-19-35-22-11-4-3-5-12-22/h3-7,11-14,21H,2,8-10,15-20H2,1H3,(H,28,29,33). The molecule has 0 bridgehead atoms. The van der Waals surface area contributed by atoms with Gasteiger partial charge in [0.1, 0.15) is 5.75 Å². The monoisotopic (exact) mass is 478 g/mol. The number of rotatable bonds is 11. The fraction of sp³-hybridized carbons (Fsp3) is 0.444. The zero-order valence-corrected chi connectivity index (χ0v) is 20.3. The molecule has 1 atom stereocenters. The second-order valence-electron chi connectivity index (χ2n) is 8.71. The summed E-state index contributed by atoms with van der Waals surface area (Å²) in [4.78, 5) is 32.4. The molecule has 0 saturated carbocycles. The van der Waals surface area contributed by atoms with Crippen molar-refractivity contribution in [2.75, 3.05) is 38.2 Å². The van der Waals surface area contributed by atoms with Crippen molar-refractivity contribution in [2.24, 2.45) is 5.92 Å². The number of hydrogen-bond acceptors (Lipinski definition) is 5. The summed E-state index contributed by atoms with van der Waals surface area (Å²) < 4.78 is 13.2. The Kier molecular flexibility index (Phi) is 8.73. The van der Waals surface area contributed by atoms with Crippen LogP contribution >= 0.6 is 0 Å². The number of imidazole rings is 1. The maximum absolute atomic E-state index is 13.2. The second-order valence-corrected chi connectivity index (χ2v) is 8.71. The highest BCUT2D eigenvalue weighted by molar-refractivity contribution is 5.93. The van der Waals surface area contributed by atoms with Gasteiger partial charge in [-0.3, -0.25) is 14.9 Å². The largest absolute Gasteiger partial charge is 0.493 e. The van der Waals surface area contributed by atoms with Gasteiger partial charge in [0.25, 0.3) is 0 Å². The summed E-state index contributed by atoms with van der Waals surface area (Å²) in [6.07, 6.45) is 2.67. The van der Waals surface area contributed by atoms with Crippen LogP contribution in [-0.2, 0) is 20.9 Å². The number of carbonyl (C=O) groups excluding carboxylic acids is 2. The van der Waals surface area contributed by atoms with Crippen molar-refractivity contribution in [3.8, 4) is 5.75 Å². The fourth-order valence-corrected chi connectivity index (χ4v) is 4.43. The van der Waals surface area contributed by atoms with Gasteiger partial charge in [-0.05, 0) is 50.5 Å². The van der Waals surface area contributed by atoms with Crippen LogP contribution < -0.4 is 10.1 Å². The van der Waals surface area contributed by atoms with E-state index >= 15 is 0 Å². The van der Waals surface area contributed by atoms with E-state index in [9.17, 15) is 9.59 Å². The highest BCUT2D eigenvalue weighted by Gasteiger charge is 2.29. The van der Waals surface area contributed by atoms with Crippen LogP contribution in [0.2, 0.25) is 0 Å². The maximum atomic E-state index is 13.2. The summed E-state index contributed by atoms with van der Waals surface area (Å²) in [6.45, 7) is 5.43. The number of carbonyl (C=O) groups is 2. The number of fused-ring (bicyclic) bond motifs is 1. The Labute approximate surface area is 206 Å². The lowest BCUT2D eigenvalue weighted by Gasteiger charge is -2.32. The Morgan fingerprint density at radius 3 is 2.71 bits per heavy atom. The SMILES string of the molecule is CCOCCCn1c(NC(=O)C2CCCN(C(=O)CCOc3ccccc3)C2)nc2ccccc21. The smallest absolute Gasteiger partial charge is 0.231 e. The molecule has 1 N–H and O–H groups in total. The molecule has 1 fully saturated rings. The Balaban J connectivity index is 1.34. The first-order chi connectivity index (χ1) is 17.2. The number of piperidine rings is 1. The molecule has 0 radical (unpaired) electrons. The minimum absolute atomic E-state index is 0.0154. The number of benzene rings is 2. The number of aryl methyl sites for hydroxylation is 1. The average molecular weight is 479 g/mol. The van der Waals surface area contributed by atoms with Gasteiger partial charge in [0.05, 0.1) is 30.0 Å². The minimum Gasteiger partial charge on any atom is -0.493 e. The van der Waals surface area contributed by atoms with Crippen LogP contribution in [0.25, 0.3) is 11.0 Å². The van der Waals surface area contributed by atoms with E-state index in [1.54, 1.807) is 4.90 Å². The lowest BCUT2D eigenvalue weighted by atomic mass is 9.97. The Bertz CT molecular complexity index is 1110. The summed E-state index contributed by atoms with van der Waals surface area (Å²) in [5.74, 6) is 0.957. The topological polar surface area (TPSA) is 85.7 Å². The number of amides is 2. The van der Waals surface area contributed by atoms with Crippen LogP contribution in [0.1, 0.15) is 32.6 Å². The Morgan fingerprint density at radius 1 is 1.09 bits per heavy atom. The van der Waals surface area contributed by atoms with Gasteiger partial charge in [-0.25, -0.2) is 4.98 Å². The van der Waals surface area contributed by atoms with E-state index in [1.807, 2.05) is 66.1 Å². The summed E-state index contributed by atoms with van der Waals surface area (Å²) in [6, 6.07) is 17.3. The third-order valence-electron chi connectivity index (χ3n) is 6.24. The molecule has 1 aliphatic heterocycles. The zero-order valence-electron chi connectivity index (χ0n) is 20.3. The van der Waals surface area contributed by atoms with E-state index in [4.69, 9.17) is 9.47 Å². The van der Waals surface area contributed by atoms with E-state index in [2.05, 4.69) is 10.3 Å². The molecule has 0 spiro atoms. The van der Waals surface area contributed by atoms with Gasteiger partial charge in [-0.15, -0.1) is 0 Å². The van der Waals surface area contributed by atoms with Gasteiger partial charge in [-0.2, -0.15) is 0 Å². The first-order valence-electron chi connectivity index (χ1n) is 12.4. The number of aromatic nitrogens is 2. The summed E-state index contributed by atoms with van der Waals surface area (Å²) >= 11 is 0. The number of nitrogens with zero attached hydrogens (tertiary/aromatic N) is 3. The predicted molar refractivity (Wildman–Crippen MR) is 135 cm³/mol. The number of likely N-dealkylation sites (tertiary alicyclic amines) is 1. The number of ether oxygens (including phenoxy) is 2. The fourth-order valence-electron chi connectivity index (χ4n) is 4.43. The maximum Gasteiger partial charge on any atom is 0.231 e. The van der Waals surface area contributed by atoms with Crippen molar-refractivity contribution in [1.29, 1.82) is 0 Å². The normalized spacial score (nSPS) is 15.8. The molecule has 2 amide bonds. The van der Waals surface area contributed by atoms with Gasteiger partial charge >= 0.3 is 0 Å². The van der Waals surface area contributed by atoms with Crippen LogP contribution in [0.15, 0.2) is 54.6 Å². The summed E-state index contributed by atoms with van der Waals surface area (Å²) in [5, 5.41) is 3.04. The van der Waals surface area contributed by atoms with Crippen LogP contribution in [-0.4, -0.2) is 59.2 Å². The van der Waals surface area contributed by atoms with E-state index in [-0.39, 0.29) is 17.7 Å². The first-order valence-corrected chi connectivity index (χ1v) is 12.4. The molecule has 4 rings (SSSR count). The molecule has 1 unspecified atom stereocenters. The Hall–Kier alpha value is -3.39. The molecule has 2 aromatic carbocycles.